The van der Waals surface area contributed by atoms with Gasteiger partial charge in [0.1, 0.15) is 0 Å². The molecule has 0 bridgehead atoms. The van der Waals surface area contributed by atoms with Gasteiger partial charge in [0.2, 0.25) is 5.91 Å². The van der Waals surface area contributed by atoms with Crippen LogP contribution in [-0.2, 0) is 14.4 Å². The summed E-state index contributed by atoms with van der Waals surface area (Å²) in [7, 11) is 3.91. The summed E-state index contributed by atoms with van der Waals surface area (Å²) in [6.45, 7) is 0.569. The van der Waals surface area contributed by atoms with Gasteiger partial charge in [-0.25, -0.2) is 0 Å². The highest BCUT2D eigenvalue weighted by Gasteiger charge is 2.22. The molecule has 1 N–H and O–H groups in total. The minimum atomic E-state index is -0.304. The summed E-state index contributed by atoms with van der Waals surface area (Å²) in [4.78, 5) is 35.4. The van der Waals surface area contributed by atoms with E-state index in [2.05, 4.69) is 5.32 Å². The van der Waals surface area contributed by atoms with Crippen molar-refractivity contribution in [3.63, 3.8) is 0 Å². The van der Waals surface area contributed by atoms with Crippen molar-refractivity contribution in [3.8, 4) is 0 Å². The Morgan fingerprint density at radius 2 is 2.05 bits per heavy atom. The van der Waals surface area contributed by atoms with Gasteiger partial charge in [-0.3, -0.25) is 19.3 Å². The molecule has 7 heteroatoms. The van der Waals surface area contributed by atoms with E-state index in [9.17, 15) is 14.4 Å². The fourth-order valence-corrected chi connectivity index (χ4v) is 5.30. The number of carbonyl (C=O) groups is 3. The van der Waals surface area contributed by atoms with Gasteiger partial charge in [-0.1, -0.05) is 28.0 Å². The normalized spacial score (nSPS) is 21.3. The molecule has 2 aliphatic rings. The van der Waals surface area contributed by atoms with Crippen LogP contribution < -0.4 is 5.32 Å². The van der Waals surface area contributed by atoms with Gasteiger partial charge in [-0.15, -0.1) is 0 Å². The van der Waals surface area contributed by atoms with Gasteiger partial charge in [-0.05, 0) is 19.3 Å². The van der Waals surface area contributed by atoms with E-state index in [0.717, 1.165) is 23.0 Å². The molecule has 1 saturated heterocycles. The fraction of sp³-hybridized carbons (Fsp3) is 0.643. The minimum Gasteiger partial charge on any atom is -0.354 e. The van der Waals surface area contributed by atoms with Crippen molar-refractivity contribution >= 4 is 39.3 Å². The van der Waals surface area contributed by atoms with E-state index >= 15 is 0 Å². The molecule has 116 valence electrons. The molecule has 2 aliphatic heterocycles. The molecule has 0 radical (unpaired) electrons. The van der Waals surface area contributed by atoms with Gasteiger partial charge < -0.3 is 5.32 Å². The third-order valence-electron chi connectivity index (χ3n) is 3.47. The van der Waals surface area contributed by atoms with E-state index in [1.165, 1.54) is 30.7 Å². The number of hydrogen-bond donors (Lipinski definition) is 1. The van der Waals surface area contributed by atoms with Crippen molar-refractivity contribution in [1.82, 2.24) is 10.2 Å². The first-order valence-corrected chi connectivity index (χ1v) is 9.63. The van der Waals surface area contributed by atoms with Crippen LogP contribution in [0.15, 0.2) is 12.2 Å². The standard InChI is InChI=1S/C14H20N2O3S2/c17-12(4-2-1-3-11-7-10-20-21-11)15-8-9-16-13(18)5-6-14(16)19/h5-6,11H,1-4,7-10H2,(H,15,17). The monoisotopic (exact) mass is 328 g/mol. The Morgan fingerprint density at radius 1 is 1.29 bits per heavy atom. The lowest BCUT2D eigenvalue weighted by atomic mass is 10.1. The number of nitrogens with one attached hydrogen (secondary N) is 1. The van der Waals surface area contributed by atoms with Crippen LogP contribution in [0, 0.1) is 0 Å². The molecule has 2 rings (SSSR count). The molecule has 0 spiro atoms. The molecule has 1 atom stereocenters. The number of imide groups is 1. The third kappa shape index (κ3) is 5.39. The quantitative estimate of drug-likeness (QED) is 0.418. The lowest BCUT2D eigenvalue weighted by Gasteiger charge is -2.14. The number of nitrogens with zero attached hydrogens (tertiary/aromatic N) is 1. The van der Waals surface area contributed by atoms with Crippen molar-refractivity contribution in [2.75, 3.05) is 18.8 Å². The molecule has 5 nitrogen and oxygen atoms in total. The van der Waals surface area contributed by atoms with Crippen LogP contribution in [-0.4, -0.2) is 46.7 Å². The van der Waals surface area contributed by atoms with Gasteiger partial charge in [0, 0.05) is 42.7 Å². The Kier molecular flexibility index (Phi) is 6.63. The minimum absolute atomic E-state index is 0.00416. The van der Waals surface area contributed by atoms with Crippen LogP contribution in [0.3, 0.4) is 0 Å². The zero-order valence-electron chi connectivity index (χ0n) is 11.9. The number of hydrogen-bond acceptors (Lipinski definition) is 5. The lowest BCUT2D eigenvalue weighted by molar-refractivity contribution is -0.137. The highest BCUT2D eigenvalue weighted by atomic mass is 33.1. The van der Waals surface area contributed by atoms with Crippen molar-refractivity contribution in [2.24, 2.45) is 0 Å². The average molecular weight is 328 g/mol. The number of rotatable bonds is 8. The maximum Gasteiger partial charge on any atom is 0.253 e. The van der Waals surface area contributed by atoms with E-state index < -0.39 is 0 Å². The van der Waals surface area contributed by atoms with Gasteiger partial charge in [0.15, 0.2) is 0 Å². The first-order chi connectivity index (χ1) is 10.2. The molecule has 0 aromatic carbocycles. The summed E-state index contributed by atoms with van der Waals surface area (Å²) >= 11 is 0. The second-order valence-corrected chi connectivity index (χ2v) is 7.87. The SMILES string of the molecule is O=C(CCCCC1CCSS1)NCCN1C(=O)C=CC1=O. The summed E-state index contributed by atoms with van der Waals surface area (Å²) in [6.07, 6.45) is 7.48. The van der Waals surface area contributed by atoms with Gasteiger partial charge in [-0.2, -0.15) is 0 Å². The number of unbranched alkanes of at least 4 members (excludes halogenated alkanes) is 1. The Bertz CT molecular complexity index is 416. The number of carbonyl (C=O) groups excluding carboxylic acids is 3. The van der Waals surface area contributed by atoms with Crippen LogP contribution in [0.2, 0.25) is 0 Å². The molecule has 0 aliphatic carbocycles. The largest absolute Gasteiger partial charge is 0.354 e. The first-order valence-electron chi connectivity index (χ1n) is 7.25. The van der Waals surface area contributed by atoms with Crippen molar-refractivity contribution in [2.45, 2.75) is 37.4 Å². The van der Waals surface area contributed by atoms with Crippen molar-refractivity contribution in [1.29, 1.82) is 0 Å². The van der Waals surface area contributed by atoms with Crippen LogP contribution in [0.4, 0.5) is 0 Å². The van der Waals surface area contributed by atoms with Crippen LogP contribution in [0.1, 0.15) is 32.1 Å². The number of amides is 3. The molecule has 1 unspecified atom stereocenters. The zero-order valence-corrected chi connectivity index (χ0v) is 13.5. The van der Waals surface area contributed by atoms with E-state index in [0.29, 0.717) is 13.0 Å². The molecule has 0 saturated carbocycles. The van der Waals surface area contributed by atoms with Crippen LogP contribution >= 0.6 is 21.6 Å². The summed E-state index contributed by atoms with van der Waals surface area (Å²) in [5, 5.41) is 3.52. The second-order valence-electron chi connectivity index (χ2n) is 5.09. The Labute approximate surface area is 132 Å². The average Bonchev–Trinajstić information content (AvgIpc) is 3.08. The molecule has 0 aromatic rings. The van der Waals surface area contributed by atoms with Crippen molar-refractivity contribution in [3.05, 3.63) is 12.2 Å². The maximum atomic E-state index is 11.7. The molecule has 0 aromatic heterocycles. The topological polar surface area (TPSA) is 66.5 Å². The van der Waals surface area contributed by atoms with Gasteiger partial charge in [0.25, 0.3) is 11.8 Å². The van der Waals surface area contributed by atoms with Gasteiger partial charge >= 0.3 is 0 Å². The van der Waals surface area contributed by atoms with E-state index in [1.54, 1.807) is 0 Å². The molecule has 1 fully saturated rings. The molecule has 2 heterocycles. The highest BCUT2D eigenvalue weighted by Crippen LogP contribution is 2.39. The first kappa shape index (κ1) is 16.4. The summed E-state index contributed by atoms with van der Waals surface area (Å²) in [5.41, 5.74) is 0. The summed E-state index contributed by atoms with van der Waals surface area (Å²) < 4.78 is 0. The predicted molar refractivity (Wildman–Crippen MR) is 85.8 cm³/mol. The Balaban J connectivity index is 1.49. The Morgan fingerprint density at radius 3 is 2.71 bits per heavy atom. The third-order valence-corrected chi connectivity index (χ3v) is 6.47. The van der Waals surface area contributed by atoms with Crippen molar-refractivity contribution < 1.29 is 14.4 Å². The fourth-order valence-electron chi connectivity index (χ4n) is 2.27. The van der Waals surface area contributed by atoms with E-state index in [4.69, 9.17) is 0 Å². The molecule has 21 heavy (non-hydrogen) atoms. The predicted octanol–water partition coefficient (Wildman–Crippen LogP) is 1.74. The molecular formula is C14H20N2O3S2. The maximum absolute atomic E-state index is 11.7. The zero-order chi connectivity index (χ0) is 15.1. The molecule has 3 amide bonds. The van der Waals surface area contributed by atoms with E-state index in [-0.39, 0.29) is 24.3 Å². The van der Waals surface area contributed by atoms with Gasteiger partial charge in [0.05, 0.1) is 0 Å². The van der Waals surface area contributed by atoms with Crippen LogP contribution in [0.5, 0.6) is 0 Å². The lowest BCUT2D eigenvalue weighted by Crippen LogP contribution is -2.38. The van der Waals surface area contributed by atoms with E-state index in [1.807, 2.05) is 21.6 Å². The smallest absolute Gasteiger partial charge is 0.253 e. The highest BCUT2D eigenvalue weighted by molar-refractivity contribution is 8.77. The second kappa shape index (κ2) is 8.48. The molecular weight excluding hydrogens is 308 g/mol. The summed E-state index contributed by atoms with van der Waals surface area (Å²) in [5.74, 6) is 0.636. The Hall–Kier alpha value is -0.950. The summed E-state index contributed by atoms with van der Waals surface area (Å²) in [6, 6.07) is 0. The van der Waals surface area contributed by atoms with Crippen LogP contribution in [0.25, 0.3) is 0 Å².